The standard InChI is InChI=1S/C23H21FN2O5S/c1-16(27)17-8-12-20(13-9-17)32(29,30)26-19-10-6-18(7-11-19)23(28)25-14-15-31-22-5-3-2-4-21(22)24/h2-13,26H,14-15H2,1H3,(H,25,28). The number of sulfonamides is 1. The van der Waals surface area contributed by atoms with Gasteiger partial charge < -0.3 is 10.1 Å². The van der Waals surface area contributed by atoms with E-state index in [4.69, 9.17) is 4.74 Å². The van der Waals surface area contributed by atoms with E-state index in [1.54, 1.807) is 12.1 Å². The summed E-state index contributed by atoms with van der Waals surface area (Å²) in [6, 6.07) is 17.5. The van der Waals surface area contributed by atoms with E-state index in [0.29, 0.717) is 11.1 Å². The van der Waals surface area contributed by atoms with E-state index in [-0.39, 0.29) is 41.2 Å². The summed E-state index contributed by atoms with van der Waals surface area (Å²) < 4.78 is 46.2. The molecule has 0 radical (unpaired) electrons. The lowest BCUT2D eigenvalue weighted by Gasteiger charge is -2.10. The molecule has 166 valence electrons. The monoisotopic (exact) mass is 456 g/mol. The summed E-state index contributed by atoms with van der Waals surface area (Å²) in [5, 5.41) is 2.64. The van der Waals surface area contributed by atoms with Crippen LogP contribution in [0.2, 0.25) is 0 Å². The molecule has 0 aromatic heterocycles. The Morgan fingerprint density at radius 1 is 0.906 bits per heavy atom. The first kappa shape index (κ1) is 23.0. The average Bonchev–Trinajstić information content (AvgIpc) is 2.78. The van der Waals surface area contributed by atoms with Crippen LogP contribution in [0.15, 0.2) is 77.7 Å². The van der Waals surface area contributed by atoms with Crippen molar-refractivity contribution < 1.29 is 27.1 Å². The van der Waals surface area contributed by atoms with Gasteiger partial charge in [0.15, 0.2) is 17.3 Å². The molecule has 0 heterocycles. The molecule has 0 bridgehead atoms. The minimum absolute atomic E-state index is 0.0131. The van der Waals surface area contributed by atoms with Gasteiger partial charge in [-0.25, -0.2) is 12.8 Å². The first-order valence-electron chi connectivity index (χ1n) is 9.66. The van der Waals surface area contributed by atoms with Crippen LogP contribution in [-0.2, 0) is 10.0 Å². The van der Waals surface area contributed by atoms with Crippen molar-refractivity contribution in [2.45, 2.75) is 11.8 Å². The summed E-state index contributed by atoms with van der Waals surface area (Å²) in [4.78, 5) is 23.6. The fraction of sp³-hybridized carbons (Fsp3) is 0.130. The molecule has 7 nitrogen and oxygen atoms in total. The second kappa shape index (κ2) is 10.1. The molecule has 0 unspecified atom stereocenters. The average molecular weight is 456 g/mol. The van der Waals surface area contributed by atoms with Gasteiger partial charge in [-0.15, -0.1) is 0 Å². The molecule has 1 amide bonds. The second-order valence-corrected chi connectivity index (χ2v) is 8.48. The lowest BCUT2D eigenvalue weighted by molar-refractivity contribution is 0.0946. The quantitative estimate of drug-likeness (QED) is 0.378. The van der Waals surface area contributed by atoms with Crippen LogP contribution in [0.5, 0.6) is 5.75 Å². The molecular weight excluding hydrogens is 435 g/mol. The zero-order valence-corrected chi connectivity index (χ0v) is 18.0. The van der Waals surface area contributed by atoms with E-state index >= 15 is 0 Å². The molecule has 0 saturated carbocycles. The zero-order valence-electron chi connectivity index (χ0n) is 17.2. The van der Waals surface area contributed by atoms with Crippen molar-refractivity contribution in [1.82, 2.24) is 5.32 Å². The van der Waals surface area contributed by atoms with E-state index in [0.717, 1.165) is 0 Å². The number of nitrogens with one attached hydrogen (secondary N) is 2. The maximum absolute atomic E-state index is 13.5. The predicted molar refractivity (Wildman–Crippen MR) is 118 cm³/mol. The van der Waals surface area contributed by atoms with Gasteiger partial charge in [0, 0.05) is 16.8 Å². The van der Waals surface area contributed by atoms with Gasteiger partial charge in [-0.3, -0.25) is 14.3 Å². The van der Waals surface area contributed by atoms with Gasteiger partial charge in [-0.2, -0.15) is 0 Å². The topological polar surface area (TPSA) is 102 Å². The Hall–Kier alpha value is -3.72. The Morgan fingerprint density at radius 2 is 1.53 bits per heavy atom. The number of Topliss-reactive ketones (excluding diaryl/α,β-unsaturated/α-hetero) is 1. The molecule has 0 fully saturated rings. The number of hydrogen-bond acceptors (Lipinski definition) is 5. The fourth-order valence-corrected chi connectivity index (χ4v) is 3.82. The lowest BCUT2D eigenvalue weighted by atomic mass is 10.2. The highest BCUT2D eigenvalue weighted by Crippen LogP contribution is 2.18. The largest absolute Gasteiger partial charge is 0.489 e. The first-order chi connectivity index (χ1) is 15.3. The highest BCUT2D eigenvalue weighted by atomic mass is 32.2. The number of amides is 1. The maximum atomic E-state index is 13.5. The van der Waals surface area contributed by atoms with Crippen LogP contribution in [0.4, 0.5) is 10.1 Å². The third-order valence-corrected chi connectivity index (χ3v) is 5.85. The number of rotatable bonds is 9. The summed E-state index contributed by atoms with van der Waals surface area (Å²) in [7, 11) is -3.85. The molecule has 0 aliphatic rings. The van der Waals surface area contributed by atoms with Gasteiger partial charge in [0.1, 0.15) is 6.61 Å². The number of para-hydroxylation sites is 1. The number of carbonyl (C=O) groups excluding carboxylic acids is 2. The molecule has 0 atom stereocenters. The molecular formula is C23H21FN2O5S. The van der Waals surface area contributed by atoms with Gasteiger partial charge in [-0.05, 0) is 55.5 Å². The summed E-state index contributed by atoms with van der Waals surface area (Å²) in [6.45, 7) is 1.65. The van der Waals surface area contributed by atoms with Gasteiger partial charge in [0.25, 0.3) is 15.9 Å². The third-order valence-electron chi connectivity index (χ3n) is 4.45. The second-order valence-electron chi connectivity index (χ2n) is 6.80. The molecule has 3 rings (SSSR count). The summed E-state index contributed by atoms with van der Waals surface area (Å²) in [5.41, 5.74) is 1.02. The molecule has 0 aliphatic heterocycles. The van der Waals surface area contributed by atoms with Crippen LogP contribution in [0.25, 0.3) is 0 Å². The number of carbonyl (C=O) groups is 2. The number of hydrogen-bond donors (Lipinski definition) is 2. The Labute approximate surface area is 185 Å². The molecule has 3 aromatic rings. The van der Waals surface area contributed by atoms with Crippen molar-refractivity contribution >= 4 is 27.4 Å². The number of halogens is 1. The Balaban J connectivity index is 1.54. The Kier molecular flexibility index (Phi) is 7.21. The molecule has 3 aromatic carbocycles. The van der Waals surface area contributed by atoms with E-state index in [1.165, 1.54) is 67.6 Å². The first-order valence-corrected chi connectivity index (χ1v) is 11.1. The SMILES string of the molecule is CC(=O)c1ccc(S(=O)(=O)Nc2ccc(C(=O)NCCOc3ccccc3F)cc2)cc1. The normalized spacial score (nSPS) is 10.9. The fourth-order valence-electron chi connectivity index (χ4n) is 2.76. The predicted octanol–water partition coefficient (Wildman–Crippen LogP) is 3.64. The Bertz CT molecular complexity index is 1210. The molecule has 0 spiro atoms. The van der Waals surface area contributed by atoms with E-state index in [1.807, 2.05) is 0 Å². The smallest absolute Gasteiger partial charge is 0.261 e. The van der Waals surface area contributed by atoms with Gasteiger partial charge in [0.05, 0.1) is 11.4 Å². The minimum Gasteiger partial charge on any atom is -0.489 e. The maximum Gasteiger partial charge on any atom is 0.261 e. The molecule has 0 saturated heterocycles. The van der Waals surface area contributed by atoms with Gasteiger partial charge >= 0.3 is 0 Å². The van der Waals surface area contributed by atoms with Crippen molar-refractivity contribution in [1.29, 1.82) is 0 Å². The van der Waals surface area contributed by atoms with Crippen molar-refractivity contribution in [2.24, 2.45) is 0 Å². The number of anilines is 1. The minimum atomic E-state index is -3.85. The number of ketones is 1. The van der Waals surface area contributed by atoms with E-state index in [2.05, 4.69) is 10.0 Å². The Morgan fingerprint density at radius 3 is 2.16 bits per heavy atom. The van der Waals surface area contributed by atoms with Crippen LogP contribution in [0.3, 0.4) is 0 Å². The summed E-state index contributed by atoms with van der Waals surface area (Å²) >= 11 is 0. The van der Waals surface area contributed by atoms with Gasteiger partial charge in [0.2, 0.25) is 0 Å². The molecule has 9 heteroatoms. The van der Waals surface area contributed by atoms with E-state index in [9.17, 15) is 22.4 Å². The molecule has 32 heavy (non-hydrogen) atoms. The van der Waals surface area contributed by atoms with Gasteiger partial charge in [-0.1, -0.05) is 24.3 Å². The van der Waals surface area contributed by atoms with Crippen LogP contribution >= 0.6 is 0 Å². The van der Waals surface area contributed by atoms with Crippen molar-refractivity contribution in [3.05, 3.63) is 89.7 Å². The van der Waals surface area contributed by atoms with E-state index < -0.39 is 15.8 Å². The highest BCUT2D eigenvalue weighted by molar-refractivity contribution is 7.92. The third kappa shape index (κ3) is 5.92. The van der Waals surface area contributed by atoms with Crippen molar-refractivity contribution in [3.8, 4) is 5.75 Å². The van der Waals surface area contributed by atoms with Crippen LogP contribution in [0, 0.1) is 5.82 Å². The zero-order chi connectivity index (χ0) is 23.1. The van der Waals surface area contributed by atoms with Crippen LogP contribution in [-0.4, -0.2) is 33.3 Å². The highest BCUT2D eigenvalue weighted by Gasteiger charge is 2.15. The van der Waals surface area contributed by atoms with Crippen LogP contribution < -0.4 is 14.8 Å². The lowest BCUT2D eigenvalue weighted by Crippen LogP contribution is -2.28. The van der Waals surface area contributed by atoms with Crippen molar-refractivity contribution in [3.63, 3.8) is 0 Å². The summed E-state index contributed by atoms with van der Waals surface area (Å²) in [6.07, 6.45) is 0. The van der Waals surface area contributed by atoms with Crippen molar-refractivity contribution in [2.75, 3.05) is 17.9 Å². The number of ether oxygens (including phenoxy) is 1. The number of benzene rings is 3. The summed E-state index contributed by atoms with van der Waals surface area (Å²) in [5.74, 6) is -0.910. The molecule has 2 N–H and O–H groups in total. The molecule has 0 aliphatic carbocycles. The van der Waals surface area contributed by atoms with Crippen LogP contribution in [0.1, 0.15) is 27.6 Å².